The Morgan fingerprint density at radius 2 is 2.04 bits per heavy atom. The van der Waals surface area contributed by atoms with Crippen molar-refractivity contribution in [2.45, 2.75) is 46.3 Å². The Hall–Kier alpha value is -1.55. The fourth-order valence-corrected chi connectivity index (χ4v) is 3.12. The van der Waals surface area contributed by atoms with E-state index in [1.807, 2.05) is 22.9 Å². The van der Waals surface area contributed by atoms with Crippen LogP contribution in [0.3, 0.4) is 0 Å². The first-order valence-electron chi connectivity index (χ1n) is 8.77. The zero-order chi connectivity index (χ0) is 18.9. The molecule has 26 heavy (non-hydrogen) atoms. The highest BCUT2D eigenvalue weighted by Crippen LogP contribution is 2.29. The fourth-order valence-electron chi connectivity index (χ4n) is 2.59. The first-order chi connectivity index (χ1) is 12.5. The zero-order valence-corrected chi connectivity index (χ0v) is 17.1. The lowest BCUT2D eigenvalue weighted by molar-refractivity contribution is 0.0603. The molecule has 0 spiro atoms. The zero-order valence-electron chi connectivity index (χ0n) is 15.6. The topological polar surface area (TPSA) is 27.1 Å². The van der Waals surface area contributed by atoms with E-state index in [-0.39, 0.29) is 6.10 Å². The Labute approximate surface area is 166 Å². The predicted octanol–water partition coefficient (Wildman–Crippen LogP) is 6.64. The first-order valence-corrected chi connectivity index (χ1v) is 9.52. The summed E-state index contributed by atoms with van der Waals surface area (Å²) in [5, 5.41) is 1.24. The Balaban J connectivity index is 2.03. The molecule has 0 radical (unpaired) electrons. The molecule has 0 fully saturated rings. The maximum absolute atomic E-state index is 6.39. The summed E-state index contributed by atoms with van der Waals surface area (Å²) >= 11 is 12.4. The van der Waals surface area contributed by atoms with Crippen LogP contribution in [0.1, 0.15) is 45.3 Å². The van der Waals surface area contributed by atoms with E-state index in [1.165, 1.54) is 11.1 Å². The molecule has 1 aromatic heterocycles. The van der Waals surface area contributed by atoms with Crippen molar-refractivity contribution in [2.75, 3.05) is 6.61 Å². The number of benzene rings is 1. The van der Waals surface area contributed by atoms with Crippen molar-refractivity contribution in [3.8, 4) is 0 Å². The third kappa shape index (κ3) is 6.99. The van der Waals surface area contributed by atoms with Gasteiger partial charge >= 0.3 is 0 Å². The van der Waals surface area contributed by atoms with Crippen LogP contribution in [-0.4, -0.2) is 16.2 Å². The van der Waals surface area contributed by atoms with Crippen molar-refractivity contribution in [3.05, 3.63) is 75.8 Å². The molecule has 1 atom stereocenters. The highest BCUT2D eigenvalue weighted by molar-refractivity contribution is 6.35. The van der Waals surface area contributed by atoms with Gasteiger partial charge in [0.2, 0.25) is 0 Å². The van der Waals surface area contributed by atoms with E-state index in [0.717, 1.165) is 18.4 Å². The van der Waals surface area contributed by atoms with Crippen LogP contribution in [-0.2, 0) is 11.3 Å². The van der Waals surface area contributed by atoms with Crippen LogP contribution in [0.25, 0.3) is 0 Å². The third-order valence-corrected chi connectivity index (χ3v) is 4.63. The van der Waals surface area contributed by atoms with E-state index in [9.17, 15) is 0 Å². The lowest BCUT2D eigenvalue weighted by Crippen LogP contribution is -2.13. The largest absolute Gasteiger partial charge is 0.368 e. The highest BCUT2D eigenvalue weighted by Gasteiger charge is 2.16. The smallest absolute Gasteiger partial charge is 0.102 e. The molecular weight excluding hydrogens is 367 g/mol. The molecular formula is C21H26Cl2N2O. The van der Waals surface area contributed by atoms with Crippen molar-refractivity contribution in [2.24, 2.45) is 0 Å². The number of imidazole rings is 1. The van der Waals surface area contributed by atoms with Gasteiger partial charge in [-0.1, -0.05) is 52.6 Å². The summed E-state index contributed by atoms with van der Waals surface area (Å²) in [4.78, 5) is 4.10. The second-order valence-corrected chi connectivity index (χ2v) is 7.46. The van der Waals surface area contributed by atoms with Gasteiger partial charge in [-0.2, -0.15) is 0 Å². The molecule has 2 rings (SSSR count). The molecule has 0 aliphatic rings. The van der Waals surface area contributed by atoms with Gasteiger partial charge < -0.3 is 9.30 Å². The SMILES string of the molecule is CC(C)=CCC/C(C)=C\CO[C@H](Cn1ccnc1)c1ccc(Cl)cc1Cl. The predicted molar refractivity (Wildman–Crippen MR) is 110 cm³/mol. The Morgan fingerprint density at radius 3 is 2.69 bits per heavy atom. The quantitative estimate of drug-likeness (QED) is 0.447. The molecule has 0 aliphatic heterocycles. The monoisotopic (exact) mass is 392 g/mol. The molecule has 0 saturated heterocycles. The van der Waals surface area contributed by atoms with Gasteiger partial charge in [0, 0.05) is 28.0 Å². The van der Waals surface area contributed by atoms with E-state index >= 15 is 0 Å². The maximum Gasteiger partial charge on any atom is 0.102 e. The summed E-state index contributed by atoms with van der Waals surface area (Å²) in [5.74, 6) is 0. The van der Waals surface area contributed by atoms with Gasteiger partial charge in [0.1, 0.15) is 6.10 Å². The average molecular weight is 393 g/mol. The number of aromatic nitrogens is 2. The van der Waals surface area contributed by atoms with Crippen molar-refractivity contribution >= 4 is 23.2 Å². The summed E-state index contributed by atoms with van der Waals surface area (Å²) in [7, 11) is 0. The lowest BCUT2D eigenvalue weighted by Gasteiger charge is -2.20. The van der Waals surface area contributed by atoms with Gasteiger partial charge in [-0.3, -0.25) is 0 Å². The summed E-state index contributed by atoms with van der Waals surface area (Å²) in [6.45, 7) is 7.57. The Morgan fingerprint density at radius 1 is 1.23 bits per heavy atom. The first kappa shape index (κ1) is 20.8. The number of ether oxygens (including phenoxy) is 1. The standard InChI is InChI=1S/C21H26Cl2N2O/c1-16(2)5-4-6-17(3)9-12-26-21(14-25-11-10-24-15-25)19-8-7-18(22)13-20(19)23/h5,7-11,13,15,21H,4,6,12,14H2,1-3H3/b17-9-/t21-/m1/s1. The molecule has 1 heterocycles. The van der Waals surface area contributed by atoms with Gasteiger partial charge in [-0.05, 0) is 45.7 Å². The number of hydrogen-bond acceptors (Lipinski definition) is 2. The molecule has 140 valence electrons. The summed E-state index contributed by atoms with van der Waals surface area (Å²) in [6.07, 6.45) is 11.8. The molecule has 0 N–H and O–H groups in total. The number of nitrogens with zero attached hydrogens (tertiary/aromatic N) is 2. The van der Waals surface area contributed by atoms with Gasteiger partial charge in [0.15, 0.2) is 0 Å². The minimum atomic E-state index is -0.171. The molecule has 1 aromatic carbocycles. The molecule has 0 saturated carbocycles. The second kappa shape index (κ2) is 10.6. The molecule has 0 unspecified atom stereocenters. The van der Waals surface area contributed by atoms with Gasteiger partial charge in [0.05, 0.1) is 19.5 Å². The number of rotatable bonds is 9. The number of halogens is 2. The molecule has 3 nitrogen and oxygen atoms in total. The Kier molecular flexibility index (Phi) is 8.43. The summed E-state index contributed by atoms with van der Waals surface area (Å²) < 4.78 is 8.14. The van der Waals surface area contributed by atoms with Crippen LogP contribution in [0.5, 0.6) is 0 Å². The van der Waals surface area contributed by atoms with Gasteiger partial charge in [0.25, 0.3) is 0 Å². The minimum absolute atomic E-state index is 0.171. The van der Waals surface area contributed by atoms with Crippen molar-refractivity contribution in [1.29, 1.82) is 0 Å². The van der Waals surface area contributed by atoms with Crippen molar-refractivity contribution < 1.29 is 4.74 Å². The molecule has 5 heteroatoms. The van der Waals surface area contributed by atoms with Crippen molar-refractivity contribution in [3.63, 3.8) is 0 Å². The summed E-state index contributed by atoms with van der Waals surface area (Å²) in [5.41, 5.74) is 3.61. The van der Waals surface area contributed by atoms with Crippen LogP contribution in [0.4, 0.5) is 0 Å². The van der Waals surface area contributed by atoms with Crippen LogP contribution in [0, 0.1) is 0 Å². The van der Waals surface area contributed by atoms with Gasteiger partial charge in [-0.25, -0.2) is 4.98 Å². The van der Waals surface area contributed by atoms with E-state index in [2.05, 4.69) is 37.9 Å². The Bertz CT molecular complexity index is 747. The van der Waals surface area contributed by atoms with E-state index in [0.29, 0.717) is 23.2 Å². The summed E-state index contributed by atoms with van der Waals surface area (Å²) in [6, 6.07) is 5.52. The van der Waals surface area contributed by atoms with Crippen LogP contribution >= 0.6 is 23.2 Å². The molecule has 0 aliphatic carbocycles. The molecule has 0 bridgehead atoms. The normalized spacial score (nSPS) is 12.9. The second-order valence-electron chi connectivity index (χ2n) is 6.62. The maximum atomic E-state index is 6.39. The highest BCUT2D eigenvalue weighted by atomic mass is 35.5. The van der Waals surface area contributed by atoms with E-state index in [1.54, 1.807) is 18.6 Å². The van der Waals surface area contributed by atoms with Crippen LogP contribution in [0.2, 0.25) is 10.0 Å². The minimum Gasteiger partial charge on any atom is -0.368 e. The van der Waals surface area contributed by atoms with E-state index in [4.69, 9.17) is 27.9 Å². The van der Waals surface area contributed by atoms with Crippen molar-refractivity contribution in [1.82, 2.24) is 9.55 Å². The van der Waals surface area contributed by atoms with Crippen LogP contribution in [0.15, 0.2) is 60.2 Å². The van der Waals surface area contributed by atoms with Crippen LogP contribution < -0.4 is 0 Å². The number of hydrogen-bond donors (Lipinski definition) is 0. The van der Waals surface area contributed by atoms with E-state index < -0.39 is 0 Å². The molecule has 2 aromatic rings. The number of allylic oxidation sites excluding steroid dienone is 3. The fraction of sp³-hybridized carbons (Fsp3) is 0.381. The third-order valence-electron chi connectivity index (χ3n) is 4.07. The lowest BCUT2D eigenvalue weighted by atomic mass is 10.1. The van der Waals surface area contributed by atoms with Gasteiger partial charge in [-0.15, -0.1) is 0 Å². The molecule has 0 amide bonds. The average Bonchev–Trinajstić information content (AvgIpc) is 3.07.